The molecule has 2 aromatic rings. The molecule has 0 N–H and O–H groups in total. The van der Waals surface area contributed by atoms with Gasteiger partial charge < -0.3 is 0 Å². The predicted molar refractivity (Wildman–Crippen MR) is 88.3 cm³/mol. The summed E-state index contributed by atoms with van der Waals surface area (Å²) in [6, 6.07) is 18.6. The van der Waals surface area contributed by atoms with Crippen molar-refractivity contribution in [3.8, 4) is 0 Å². The Bertz CT molecular complexity index is 483. The SMILES string of the molecule is CCC[Si](Cl)(c1ccc(C)cc1)c1ccc(C)cc1. The zero-order valence-electron chi connectivity index (χ0n) is 11.9. The molecule has 0 spiro atoms. The van der Waals surface area contributed by atoms with E-state index in [1.165, 1.54) is 21.5 Å². The fraction of sp³-hybridized carbons (Fsp3) is 0.294. The van der Waals surface area contributed by atoms with E-state index < -0.39 is 7.38 Å². The van der Waals surface area contributed by atoms with E-state index in [0.29, 0.717) is 0 Å². The van der Waals surface area contributed by atoms with Gasteiger partial charge in [0, 0.05) is 0 Å². The summed E-state index contributed by atoms with van der Waals surface area (Å²) in [6.45, 7) is 6.45. The minimum atomic E-state index is -2.08. The maximum atomic E-state index is 7.13. The van der Waals surface area contributed by atoms with Crippen LogP contribution in [0.25, 0.3) is 0 Å². The van der Waals surface area contributed by atoms with Crippen LogP contribution in [0.3, 0.4) is 0 Å². The van der Waals surface area contributed by atoms with E-state index >= 15 is 0 Å². The van der Waals surface area contributed by atoms with Crippen molar-refractivity contribution in [2.75, 3.05) is 0 Å². The van der Waals surface area contributed by atoms with Crippen molar-refractivity contribution in [1.82, 2.24) is 0 Å². The van der Waals surface area contributed by atoms with Gasteiger partial charge in [0.1, 0.15) is 0 Å². The van der Waals surface area contributed by atoms with Crippen LogP contribution in [0.4, 0.5) is 0 Å². The monoisotopic (exact) mass is 288 g/mol. The normalized spacial score (nSPS) is 11.6. The second-order valence-electron chi connectivity index (χ2n) is 5.28. The molecule has 2 heteroatoms. The highest BCUT2D eigenvalue weighted by Gasteiger charge is 2.34. The van der Waals surface area contributed by atoms with Crippen LogP contribution in [0.1, 0.15) is 24.5 Å². The fourth-order valence-electron chi connectivity index (χ4n) is 2.44. The third kappa shape index (κ3) is 3.10. The molecule has 0 nitrogen and oxygen atoms in total. The highest BCUT2D eigenvalue weighted by atomic mass is 35.6. The maximum absolute atomic E-state index is 7.13. The molecule has 2 aromatic carbocycles. The third-order valence-corrected chi connectivity index (χ3v) is 9.17. The summed E-state index contributed by atoms with van der Waals surface area (Å²) in [6.07, 6.45) is 1.12. The Balaban J connectivity index is 2.47. The molecule has 0 saturated carbocycles. The van der Waals surface area contributed by atoms with E-state index in [0.717, 1.165) is 12.5 Å². The van der Waals surface area contributed by atoms with Gasteiger partial charge in [-0.1, -0.05) is 73.0 Å². The smallest absolute Gasteiger partial charge is 0.155 e. The van der Waals surface area contributed by atoms with Crippen LogP contribution >= 0.6 is 11.1 Å². The van der Waals surface area contributed by atoms with E-state index in [-0.39, 0.29) is 0 Å². The molecular weight excluding hydrogens is 268 g/mol. The molecule has 0 aliphatic heterocycles. The fourth-order valence-corrected chi connectivity index (χ4v) is 6.75. The van der Waals surface area contributed by atoms with Crippen LogP contribution in [0.2, 0.25) is 6.04 Å². The van der Waals surface area contributed by atoms with Gasteiger partial charge in [-0.3, -0.25) is 0 Å². The molecular formula is C17H21ClSi. The van der Waals surface area contributed by atoms with Gasteiger partial charge in [0.2, 0.25) is 7.38 Å². The topological polar surface area (TPSA) is 0 Å². The van der Waals surface area contributed by atoms with Crippen LogP contribution in [0, 0.1) is 13.8 Å². The summed E-state index contributed by atoms with van der Waals surface area (Å²) in [4.78, 5) is 0. The molecule has 0 heterocycles. The summed E-state index contributed by atoms with van der Waals surface area (Å²) in [5, 5.41) is 2.65. The molecule has 0 fully saturated rings. The van der Waals surface area contributed by atoms with Gasteiger partial charge in [-0.05, 0) is 30.3 Å². The minimum absolute atomic E-state index is 1.08. The Morgan fingerprint density at radius 3 is 1.47 bits per heavy atom. The van der Waals surface area contributed by atoms with Crippen molar-refractivity contribution in [1.29, 1.82) is 0 Å². The van der Waals surface area contributed by atoms with Crippen molar-refractivity contribution < 1.29 is 0 Å². The lowest BCUT2D eigenvalue weighted by atomic mass is 10.2. The first kappa shape index (κ1) is 14.4. The van der Waals surface area contributed by atoms with Gasteiger partial charge in [-0.15, -0.1) is 0 Å². The zero-order chi connectivity index (χ0) is 13.9. The lowest BCUT2D eigenvalue weighted by Gasteiger charge is -2.25. The molecule has 100 valence electrons. The van der Waals surface area contributed by atoms with E-state index in [4.69, 9.17) is 11.1 Å². The van der Waals surface area contributed by atoms with Crippen molar-refractivity contribution in [3.05, 3.63) is 59.7 Å². The number of aryl methyl sites for hydroxylation is 2. The van der Waals surface area contributed by atoms with Gasteiger partial charge in [-0.25, -0.2) is 0 Å². The summed E-state index contributed by atoms with van der Waals surface area (Å²) >= 11 is 7.13. The standard InChI is InChI=1S/C17H21ClSi/c1-4-13-19(18,16-9-5-14(2)6-10-16)17-11-7-15(3)8-12-17/h5-12H,4,13H2,1-3H3. The van der Waals surface area contributed by atoms with Crippen LogP contribution < -0.4 is 10.4 Å². The number of rotatable bonds is 4. The Morgan fingerprint density at radius 1 is 0.789 bits per heavy atom. The molecule has 19 heavy (non-hydrogen) atoms. The average molecular weight is 289 g/mol. The Morgan fingerprint density at radius 2 is 1.16 bits per heavy atom. The van der Waals surface area contributed by atoms with Crippen molar-refractivity contribution >= 4 is 28.8 Å². The Labute approximate surface area is 122 Å². The highest BCUT2D eigenvalue weighted by Crippen LogP contribution is 2.18. The average Bonchev–Trinajstić information content (AvgIpc) is 2.40. The van der Waals surface area contributed by atoms with E-state index in [1.807, 2.05) is 0 Å². The summed E-state index contributed by atoms with van der Waals surface area (Å²) in [5.41, 5.74) is 2.58. The molecule has 0 atom stereocenters. The van der Waals surface area contributed by atoms with Gasteiger partial charge in [0.25, 0.3) is 0 Å². The quantitative estimate of drug-likeness (QED) is 0.589. The lowest BCUT2D eigenvalue weighted by molar-refractivity contribution is 1.07. The molecule has 0 aliphatic carbocycles. The number of hydrogen-bond acceptors (Lipinski definition) is 0. The summed E-state index contributed by atoms with van der Waals surface area (Å²) in [5.74, 6) is 0. The van der Waals surface area contributed by atoms with E-state index in [9.17, 15) is 0 Å². The largest absolute Gasteiger partial charge is 0.217 e. The van der Waals surface area contributed by atoms with Gasteiger partial charge >= 0.3 is 0 Å². The second kappa shape index (κ2) is 5.94. The second-order valence-corrected chi connectivity index (χ2v) is 10.5. The number of halogens is 1. The molecule has 0 unspecified atom stereocenters. The molecule has 0 saturated heterocycles. The Kier molecular flexibility index (Phi) is 4.49. The maximum Gasteiger partial charge on any atom is 0.217 e. The predicted octanol–water partition coefficient (Wildman–Crippen LogP) is 4.01. The molecule has 0 aliphatic rings. The van der Waals surface area contributed by atoms with Crippen molar-refractivity contribution in [2.24, 2.45) is 0 Å². The molecule has 2 rings (SSSR count). The molecule has 0 bridgehead atoms. The van der Waals surface area contributed by atoms with Crippen LogP contribution in [-0.4, -0.2) is 7.38 Å². The van der Waals surface area contributed by atoms with Gasteiger partial charge in [0.05, 0.1) is 0 Å². The van der Waals surface area contributed by atoms with Crippen molar-refractivity contribution in [3.63, 3.8) is 0 Å². The van der Waals surface area contributed by atoms with Crippen LogP contribution in [-0.2, 0) is 0 Å². The summed E-state index contributed by atoms with van der Waals surface area (Å²) in [7, 11) is -2.08. The van der Waals surface area contributed by atoms with Gasteiger partial charge in [-0.2, -0.15) is 11.1 Å². The first-order valence-corrected chi connectivity index (χ1v) is 10.1. The third-order valence-electron chi connectivity index (χ3n) is 3.61. The van der Waals surface area contributed by atoms with Crippen LogP contribution in [0.5, 0.6) is 0 Å². The first-order valence-electron chi connectivity index (χ1n) is 6.89. The lowest BCUT2D eigenvalue weighted by Crippen LogP contribution is -2.53. The number of hydrogen-bond donors (Lipinski definition) is 0. The summed E-state index contributed by atoms with van der Waals surface area (Å²) < 4.78 is 0. The van der Waals surface area contributed by atoms with Gasteiger partial charge in [0.15, 0.2) is 0 Å². The number of benzene rings is 2. The first-order chi connectivity index (χ1) is 9.06. The van der Waals surface area contributed by atoms with Crippen LogP contribution in [0.15, 0.2) is 48.5 Å². The Hall–Kier alpha value is -1.05. The minimum Gasteiger partial charge on any atom is -0.155 e. The zero-order valence-corrected chi connectivity index (χ0v) is 13.7. The molecule has 0 aromatic heterocycles. The van der Waals surface area contributed by atoms with E-state index in [1.54, 1.807) is 0 Å². The van der Waals surface area contributed by atoms with Crippen molar-refractivity contribution in [2.45, 2.75) is 33.2 Å². The highest BCUT2D eigenvalue weighted by molar-refractivity contribution is 7.34. The molecule has 0 amide bonds. The van der Waals surface area contributed by atoms with E-state index in [2.05, 4.69) is 69.3 Å². The molecule has 0 radical (unpaired) electrons.